The molecule has 26 heavy (non-hydrogen) atoms. The lowest BCUT2D eigenvalue weighted by Gasteiger charge is -2.22. The monoisotopic (exact) mass is 393 g/mol. The summed E-state index contributed by atoms with van der Waals surface area (Å²) in [5.74, 6) is 1.51. The van der Waals surface area contributed by atoms with E-state index in [4.69, 9.17) is 9.47 Å². The average Bonchev–Trinajstić information content (AvgIpc) is 3.26. The van der Waals surface area contributed by atoms with Crippen LogP contribution >= 0.6 is 11.3 Å². The number of benzene rings is 1. The fourth-order valence-corrected chi connectivity index (χ4v) is 5.98. The van der Waals surface area contributed by atoms with E-state index in [0.717, 1.165) is 16.2 Å². The molecule has 3 heterocycles. The minimum atomic E-state index is -3.02. The molecular weight excluding hydrogens is 374 g/mol. The van der Waals surface area contributed by atoms with Crippen molar-refractivity contribution in [3.05, 3.63) is 35.2 Å². The van der Waals surface area contributed by atoms with Crippen LogP contribution in [-0.4, -0.2) is 57.0 Å². The second-order valence-electron chi connectivity index (χ2n) is 6.50. The average molecular weight is 393 g/mol. The number of amides is 1. The molecular formula is C18H19NO5S2. The van der Waals surface area contributed by atoms with Gasteiger partial charge in [-0.1, -0.05) is 0 Å². The van der Waals surface area contributed by atoms with Crippen molar-refractivity contribution in [1.82, 2.24) is 4.90 Å². The third kappa shape index (κ3) is 3.31. The lowest BCUT2D eigenvalue weighted by molar-refractivity contribution is 0.0752. The normalized spacial score (nSPS) is 20.7. The summed E-state index contributed by atoms with van der Waals surface area (Å²) in [4.78, 5) is 15.8. The Bertz CT molecular complexity index is 950. The molecule has 0 bridgehead atoms. The third-order valence-electron chi connectivity index (χ3n) is 4.72. The van der Waals surface area contributed by atoms with Crippen LogP contribution in [0.25, 0.3) is 10.4 Å². The van der Waals surface area contributed by atoms with Gasteiger partial charge in [0.2, 0.25) is 0 Å². The fraction of sp³-hybridized carbons (Fsp3) is 0.389. The van der Waals surface area contributed by atoms with Gasteiger partial charge in [0.15, 0.2) is 21.3 Å². The van der Waals surface area contributed by atoms with Crippen molar-refractivity contribution in [2.75, 3.05) is 31.8 Å². The summed E-state index contributed by atoms with van der Waals surface area (Å²) in [6.07, 6.45) is 0.505. The summed E-state index contributed by atoms with van der Waals surface area (Å²) in [7, 11) is -1.34. The molecule has 6 nitrogen and oxygen atoms in total. The molecule has 1 unspecified atom stereocenters. The summed E-state index contributed by atoms with van der Waals surface area (Å²) in [5, 5.41) is 0. The van der Waals surface area contributed by atoms with Gasteiger partial charge in [-0.3, -0.25) is 4.79 Å². The zero-order chi connectivity index (χ0) is 18.3. The van der Waals surface area contributed by atoms with Gasteiger partial charge >= 0.3 is 0 Å². The number of nitrogens with zero attached hydrogens (tertiary/aromatic N) is 1. The van der Waals surface area contributed by atoms with Crippen LogP contribution in [0.3, 0.4) is 0 Å². The first-order valence-corrected chi connectivity index (χ1v) is 11.0. The van der Waals surface area contributed by atoms with Gasteiger partial charge in [0.1, 0.15) is 13.2 Å². The van der Waals surface area contributed by atoms with E-state index in [-0.39, 0.29) is 23.5 Å². The van der Waals surface area contributed by atoms with E-state index in [1.807, 2.05) is 24.3 Å². The Hall–Kier alpha value is -2.06. The predicted octanol–water partition coefficient (Wildman–Crippen LogP) is 2.45. The van der Waals surface area contributed by atoms with Crippen LogP contribution in [0.2, 0.25) is 0 Å². The summed E-state index contributed by atoms with van der Waals surface area (Å²) >= 11 is 1.39. The Balaban J connectivity index is 1.53. The second-order valence-corrected chi connectivity index (χ2v) is 9.81. The van der Waals surface area contributed by atoms with Crippen molar-refractivity contribution < 1.29 is 22.7 Å². The highest BCUT2D eigenvalue weighted by molar-refractivity contribution is 7.91. The molecule has 1 amide bonds. The zero-order valence-electron chi connectivity index (χ0n) is 14.3. The first kappa shape index (κ1) is 17.4. The van der Waals surface area contributed by atoms with E-state index in [0.29, 0.717) is 30.3 Å². The van der Waals surface area contributed by atoms with E-state index in [1.165, 1.54) is 11.3 Å². The Kier molecular flexibility index (Phi) is 4.40. The van der Waals surface area contributed by atoms with Gasteiger partial charge in [0.25, 0.3) is 5.91 Å². The lowest BCUT2D eigenvalue weighted by Crippen LogP contribution is -2.37. The highest BCUT2D eigenvalue weighted by Gasteiger charge is 2.33. The molecule has 138 valence electrons. The van der Waals surface area contributed by atoms with Crippen LogP contribution in [0, 0.1) is 0 Å². The number of rotatable bonds is 3. The molecule has 1 aromatic heterocycles. The minimum Gasteiger partial charge on any atom is -0.486 e. The van der Waals surface area contributed by atoms with E-state index < -0.39 is 9.84 Å². The van der Waals surface area contributed by atoms with Gasteiger partial charge in [0, 0.05) is 18.0 Å². The van der Waals surface area contributed by atoms with Crippen LogP contribution < -0.4 is 9.47 Å². The smallest absolute Gasteiger partial charge is 0.263 e. The summed E-state index contributed by atoms with van der Waals surface area (Å²) in [6, 6.07) is 9.19. The van der Waals surface area contributed by atoms with Gasteiger partial charge < -0.3 is 14.4 Å². The summed E-state index contributed by atoms with van der Waals surface area (Å²) in [5.41, 5.74) is 0.962. The van der Waals surface area contributed by atoms with Crippen molar-refractivity contribution in [3.8, 4) is 21.9 Å². The molecule has 0 spiro atoms. The SMILES string of the molecule is CN(C(=O)c1ccc(-c2ccc3c(c2)OCCO3)s1)C1CCS(=O)(=O)C1. The molecule has 0 radical (unpaired) electrons. The van der Waals surface area contributed by atoms with Crippen LogP contribution in [0.4, 0.5) is 0 Å². The van der Waals surface area contributed by atoms with Crippen molar-refractivity contribution >= 4 is 27.1 Å². The molecule has 2 aliphatic rings. The number of fused-ring (bicyclic) bond motifs is 1. The maximum atomic E-state index is 12.7. The zero-order valence-corrected chi connectivity index (χ0v) is 15.9. The number of carbonyl (C=O) groups is 1. The number of ether oxygens (including phenoxy) is 2. The largest absolute Gasteiger partial charge is 0.486 e. The van der Waals surface area contributed by atoms with Crippen LogP contribution in [-0.2, 0) is 9.84 Å². The Morgan fingerprint density at radius 2 is 1.92 bits per heavy atom. The van der Waals surface area contributed by atoms with Gasteiger partial charge in [0.05, 0.1) is 16.4 Å². The minimum absolute atomic E-state index is 0.0512. The number of thiophene rings is 1. The first-order chi connectivity index (χ1) is 12.4. The van der Waals surface area contributed by atoms with Crippen LogP contribution in [0.5, 0.6) is 11.5 Å². The highest BCUT2D eigenvalue weighted by Crippen LogP contribution is 2.37. The number of hydrogen-bond acceptors (Lipinski definition) is 6. The standard InChI is InChI=1S/C18H19NO5S2/c1-19(13-6-9-26(21,22)11-13)18(20)17-5-4-16(25-17)12-2-3-14-15(10-12)24-8-7-23-14/h2-5,10,13H,6-9,11H2,1H3. The third-order valence-corrected chi connectivity index (χ3v) is 7.59. The summed E-state index contributed by atoms with van der Waals surface area (Å²) < 4.78 is 34.5. The molecule has 4 rings (SSSR count). The Morgan fingerprint density at radius 1 is 1.15 bits per heavy atom. The lowest BCUT2D eigenvalue weighted by atomic mass is 10.1. The van der Waals surface area contributed by atoms with Crippen molar-refractivity contribution in [2.45, 2.75) is 12.5 Å². The maximum absolute atomic E-state index is 12.7. The Labute approximate surface area is 156 Å². The Morgan fingerprint density at radius 3 is 2.65 bits per heavy atom. The van der Waals surface area contributed by atoms with Crippen LogP contribution in [0.15, 0.2) is 30.3 Å². The van der Waals surface area contributed by atoms with E-state index >= 15 is 0 Å². The van der Waals surface area contributed by atoms with E-state index in [2.05, 4.69) is 0 Å². The molecule has 0 saturated carbocycles. The van der Waals surface area contributed by atoms with Crippen LogP contribution in [0.1, 0.15) is 16.1 Å². The predicted molar refractivity (Wildman–Crippen MR) is 99.9 cm³/mol. The second kappa shape index (κ2) is 6.59. The molecule has 0 N–H and O–H groups in total. The molecule has 1 atom stereocenters. The molecule has 0 aliphatic carbocycles. The fourth-order valence-electron chi connectivity index (χ4n) is 3.23. The van der Waals surface area contributed by atoms with Gasteiger partial charge in [-0.2, -0.15) is 0 Å². The number of sulfone groups is 1. The molecule has 1 aromatic carbocycles. The topological polar surface area (TPSA) is 72.9 Å². The van der Waals surface area contributed by atoms with Crippen molar-refractivity contribution in [2.24, 2.45) is 0 Å². The molecule has 1 saturated heterocycles. The van der Waals surface area contributed by atoms with Gasteiger partial charge in [-0.05, 0) is 42.3 Å². The summed E-state index contributed by atoms with van der Waals surface area (Å²) in [6.45, 7) is 1.08. The molecule has 8 heteroatoms. The van der Waals surface area contributed by atoms with Crippen molar-refractivity contribution in [3.63, 3.8) is 0 Å². The molecule has 1 fully saturated rings. The quantitative estimate of drug-likeness (QED) is 0.801. The van der Waals surface area contributed by atoms with E-state index in [9.17, 15) is 13.2 Å². The first-order valence-electron chi connectivity index (χ1n) is 8.40. The van der Waals surface area contributed by atoms with Gasteiger partial charge in [-0.15, -0.1) is 11.3 Å². The highest BCUT2D eigenvalue weighted by atomic mass is 32.2. The van der Waals surface area contributed by atoms with Crippen molar-refractivity contribution in [1.29, 1.82) is 0 Å². The number of hydrogen-bond donors (Lipinski definition) is 0. The molecule has 2 aliphatic heterocycles. The number of carbonyl (C=O) groups excluding carboxylic acids is 1. The molecule has 2 aromatic rings. The maximum Gasteiger partial charge on any atom is 0.263 e. The van der Waals surface area contributed by atoms with E-state index in [1.54, 1.807) is 18.0 Å². The van der Waals surface area contributed by atoms with Gasteiger partial charge in [-0.25, -0.2) is 8.42 Å².